The van der Waals surface area contributed by atoms with Gasteiger partial charge in [-0.25, -0.2) is 9.78 Å². The number of aromatic nitrogens is 3. The number of carboxylic acids is 1. The van der Waals surface area contributed by atoms with E-state index in [4.69, 9.17) is 5.73 Å². The number of imidazole rings is 1. The SMILES string of the molecule is CC(O)C(NC(=O)C1CCCN1C(=O)C(N)Cc1c[nH]c2ccccc12)C(=O)NC(Cc1cnc[nH]1)C(=O)O. The molecule has 1 aliphatic rings. The summed E-state index contributed by atoms with van der Waals surface area (Å²) >= 11 is 0. The number of carboxylic acid groups (broad SMARTS) is 1. The number of para-hydroxylation sites is 1. The van der Waals surface area contributed by atoms with Gasteiger partial charge in [0.25, 0.3) is 0 Å². The number of H-pyrrole nitrogens is 2. The van der Waals surface area contributed by atoms with Gasteiger partial charge >= 0.3 is 5.97 Å². The van der Waals surface area contributed by atoms with Gasteiger partial charge in [0.05, 0.1) is 18.5 Å². The van der Waals surface area contributed by atoms with Gasteiger partial charge < -0.3 is 41.4 Å². The molecule has 0 aliphatic carbocycles. The average Bonchev–Trinajstić information content (AvgIpc) is 3.67. The number of carbonyl (C=O) groups excluding carboxylic acids is 3. The Bertz CT molecular complexity index is 1320. The lowest BCUT2D eigenvalue weighted by Crippen LogP contribution is -2.59. The monoisotopic (exact) mass is 539 g/mol. The first-order valence-electron chi connectivity index (χ1n) is 12.8. The van der Waals surface area contributed by atoms with E-state index < -0.39 is 48.1 Å². The molecule has 1 aromatic carbocycles. The summed E-state index contributed by atoms with van der Waals surface area (Å²) in [5, 5.41) is 25.6. The van der Waals surface area contributed by atoms with Crippen molar-refractivity contribution < 1.29 is 29.4 Å². The van der Waals surface area contributed by atoms with E-state index in [-0.39, 0.29) is 18.7 Å². The van der Waals surface area contributed by atoms with Gasteiger partial charge in [0.1, 0.15) is 18.1 Å². The van der Waals surface area contributed by atoms with Crippen LogP contribution in [0.4, 0.5) is 0 Å². The van der Waals surface area contributed by atoms with Crippen molar-refractivity contribution in [1.82, 2.24) is 30.5 Å². The fourth-order valence-corrected chi connectivity index (χ4v) is 4.87. The molecule has 13 heteroatoms. The van der Waals surface area contributed by atoms with Gasteiger partial charge in [0.15, 0.2) is 0 Å². The number of aromatic amines is 2. The largest absolute Gasteiger partial charge is 0.480 e. The van der Waals surface area contributed by atoms with Crippen LogP contribution < -0.4 is 16.4 Å². The van der Waals surface area contributed by atoms with Crippen molar-refractivity contribution in [3.8, 4) is 0 Å². The van der Waals surface area contributed by atoms with Crippen molar-refractivity contribution in [2.75, 3.05) is 6.54 Å². The molecule has 5 atom stereocenters. The summed E-state index contributed by atoms with van der Waals surface area (Å²) in [6, 6.07) is 3.17. The number of likely N-dealkylation sites (tertiary alicyclic amines) is 1. The second-order valence-corrected chi connectivity index (χ2v) is 9.77. The summed E-state index contributed by atoms with van der Waals surface area (Å²) in [4.78, 5) is 62.2. The summed E-state index contributed by atoms with van der Waals surface area (Å²) in [7, 11) is 0. The van der Waals surface area contributed by atoms with Crippen LogP contribution in [-0.4, -0.2) is 90.6 Å². The van der Waals surface area contributed by atoms with Gasteiger partial charge in [-0.2, -0.15) is 0 Å². The van der Waals surface area contributed by atoms with Crippen LogP contribution >= 0.6 is 0 Å². The molecule has 1 fully saturated rings. The number of nitrogens with zero attached hydrogens (tertiary/aromatic N) is 2. The fourth-order valence-electron chi connectivity index (χ4n) is 4.87. The predicted octanol–water partition coefficient (Wildman–Crippen LogP) is -0.570. The van der Waals surface area contributed by atoms with Crippen LogP contribution in [0.1, 0.15) is 31.0 Å². The quantitative estimate of drug-likeness (QED) is 0.167. The number of amides is 3. The van der Waals surface area contributed by atoms with E-state index in [9.17, 15) is 29.4 Å². The van der Waals surface area contributed by atoms with Gasteiger partial charge in [0, 0.05) is 42.0 Å². The van der Waals surface area contributed by atoms with Crippen molar-refractivity contribution in [2.24, 2.45) is 5.73 Å². The minimum atomic E-state index is -1.43. The molecule has 3 heterocycles. The molecule has 5 unspecified atom stereocenters. The molecule has 2 aromatic heterocycles. The number of hydrogen-bond acceptors (Lipinski definition) is 7. The molecule has 3 amide bonds. The van der Waals surface area contributed by atoms with Gasteiger partial charge in [-0.15, -0.1) is 0 Å². The zero-order valence-electron chi connectivity index (χ0n) is 21.5. The number of nitrogens with one attached hydrogen (secondary N) is 4. The van der Waals surface area contributed by atoms with E-state index in [0.717, 1.165) is 16.5 Å². The Morgan fingerprint density at radius 1 is 1.18 bits per heavy atom. The number of carbonyl (C=O) groups is 4. The Hall–Kier alpha value is -4.23. The maximum Gasteiger partial charge on any atom is 0.326 e. The highest BCUT2D eigenvalue weighted by atomic mass is 16.4. The first-order valence-corrected chi connectivity index (χ1v) is 12.8. The molecule has 0 radical (unpaired) electrons. The van der Waals surface area contributed by atoms with Gasteiger partial charge in [-0.3, -0.25) is 14.4 Å². The molecule has 1 aliphatic heterocycles. The molecule has 8 N–H and O–H groups in total. The molecule has 3 aromatic rings. The molecule has 4 rings (SSSR count). The Kier molecular flexibility index (Phi) is 8.62. The van der Waals surface area contributed by atoms with E-state index in [1.807, 2.05) is 30.5 Å². The maximum atomic E-state index is 13.3. The van der Waals surface area contributed by atoms with Crippen molar-refractivity contribution in [1.29, 1.82) is 0 Å². The Morgan fingerprint density at radius 3 is 2.64 bits per heavy atom. The second kappa shape index (κ2) is 12.1. The molecule has 0 bridgehead atoms. The number of benzene rings is 1. The van der Waals surface area contributed by atoms with Gasteiger partial charge in [-0.05, 0) is 37.8 Å². The lowest BCUT2D eigenvalue weighted by atomic mass is 10.0. The first kappa shape index (κ1) is 27.8. The molecule has 39 heavy (non-hydrogen) atoms. The highest BCUT2D eigenvalue weighted by Gasteiger charge is 2.39. The fraction of sp³-hybridized carbons (Fsp3) is 0.423. The highest BCUT2D eigenvalue weighted by molar-refractivity contribution is 5.95. The number of nitrogens with two attached hydrogens (primary N) is 1. The summed E-state index contributed by atoms with van der Waals surface area (Å²) in [6.45, 7) is 1.64. The van der Waals surface area contributed by atoms with E-state index >= 15 is 0 Å². The zero-order chi connectivity index (χ0) is 28.1. The normalized spacial score (nSPS) is 18.3. The van der Waals surface area contributed by atoms with Crippen LogP contribution in [0, 0.1) is 0 Å². The maximum absolute atomic E-state index is 13.3. The smallest absolute Gasteiger partial charge is 0.326 e. The summed E-state index contributed by atoms with van der Waals surface area (Å²) in [6.07, 6.45) is 4.45. The van der Waals surface area contributed by atoms with Crippen LogP contribution in [0.5, 0.6) is 0 Å². The lowest BCUT2D eigenvalue weighted by Gasteiger charge is -2.29. The van der Waals surface area contributed by atoms with Crippen LogP contribution in [0.2, 0.25) is 0 Å². The number of aliphatic hydroxyl groups excluding tert-OH is 1. The van der Waals surface area contributed by atoms with Gasteiger partial charge in [-0.1, -0.05) is 18.2 Å². The van der Waals surface area contributed by atoms with Crippen LogP contribution in [0.25, 0.3) is 10.9 Å². The van der Waals surface area contributed by atoms with Crippen molar-refractivity contribution >= 4 is 34.6 Å². The number of aliphatic hydroxyl groups is 1. The summed E-state index contributed by atoms with van der Waals surface area (Å²) in [5.41, 5.74) is 8.59. The minimum Gasteiger partial charge on any atom is -0.480 e. The Morgan fingerprint density at radius 2 is 1.95 bits per heavy atom. The predicted molar refractivity (Wildman–Crippen MR) is 140 cm³/mol. The number of fused-ring (bicyclic) bond motifs is 1. The number of hydrogen-bond donors (Lipinski definition) is 7. The number of aliphatic carboxylic acids is 1. The topological polar surface area (TPSA) is 207 Å². The van der Waals surface area contributed by atoms with E-state index in [2.05, 4.69) is 25.6 Å². The minimum absolute atomic E-state index is 0.0687. The molecule has 0 spiro atoms. The van der Waals surface area contributed by atoms with Crippen LogP contribution in [0.3, 0.4) is 0 Å². The molecular weight excluding hydrogens is 506 g/mol. The zero-order valence-corrected chi connectivity index (χ0v) is 21.5. The van der Waals surface area contributed by atoms with Crippen molar-refractivity contribution in [3.63, 3.8) is 0 Å². The standard InChI is InChI=1S/C26H33N7O6/c1-14(34)22(24(36)31-20(26(38)39)10-16-12-28-13-30-16)32-23(35)21-7-4-8-33(21)25(37)18(27)9-15-11-29-19-6-3-2-5-17(15)19/h2-3,5-6,11-14,18,20-22,29,34H,4,7-10,27H2,1H3,(H,28,30)(H,31,36)(H,32,35)(H,38,39). The van der Waals surface area contributed by atoms with Crippen LogP contribution in [-0.2, 0) is 32.0 Å². The van der Waals surface area contributed by atoms with E-state index in [0.29, 0.717) is 25.1 Å². The van der Waals surface area contributed by atoms with E-state index in [1.165, 1.54) is 24.3 Å². The lowest BCUT2D eigenvalue weighted by molar-refractivity contribution is -0.144. The van der Waals surface area contributed by atoms with Crippen molar-refractivity contribution in [2.45, 2.75) is 62.9 Å². The molecule has 13 nitrogen and oxygen atoms in total. The highest BCUT2D eigenvalue weighted by Crippen LogP contribution is 2.22. The third kappa shape index (κ3) is 6.44. The Balaban J connectivity index is 1.40. The molecule has 208 valence electrons. The van der Waals surface area contributed by atoms with E-state index in [1.54, 1.807) is 0 Å². The molecule has 0 saturated carbocycles. The summed E-state index contributed by atoms with van der Waals surface area (Å²) < 4.78 is 0. The average molecular weight is 540 g/mol. The van der Waals surface area contributed by atoms with Gasteiger partial charge in [0.2, 0.25) is 17.7 Å². The molecular formula is C26H33N7O6. The Labute approximate surface area is 224 Å². The van der Waals surface area contributed by atoms with Crippen LogP contribution in [0.15, 0.2) is 43.0 Å². The van der Waals surface area contributed by atoms with Crippen molar-refractivity contribution in [3.05, 3.63) is 54.2 Å². The first-order chi connectivity index (χ1) is 18.7. The molecule has 1 saturated heterocycles. The third-order valence-electron chi connectivity index (χ3n) is 6.93. The third-order valence-corrected chi connectivity index (χ3v) is 6.93. The second-order valence-electron chi connectivity index (χ2n) is 9.77. The summed E-state index contributed by atoms with van der Waals surface area (Å²) in [5.74, 6) is -3.16. The number of rotatable bonds is 11.